The molecule has 2 heteroatoms. The van der Waals surface area contributed by atoms with E-state index in [9.17, 15) is 4.79 Å². The van der Waals surface area contributed by atoms with Crippen LogP contribution in [0.4, 0.5) is 0 Å². The summed E-state index contributed by atoms with van der Waals surface area (Å²) in [7, 11) is 0. The molecule has 32 valence electrons. The molecule has 0 spiro atoms. The van der Waals surface area contributed by atoms with Gasteiger partial charge in [0, 0.05) is 0 Å². The van der Waals surface area contributed by atoms with Gasteiger partial charge in [-0.25, -0.2) is 0 Å². The summed E-state index contributed by atoms with van der Waals surface area (Å²) in [5, 5.41) is 0. The molecule has 0 unspecified atom stereocenters. The van der Waals surface area contributed by atoms with Crippen molar-refractivity contribution in [1.29, 1.82) is 0 Å². The van der Waals surface area contributed by atoms with E-state index in [-0.39, 0.29) is 11.9 Å². The minimum absolute atomic E-state index is 0. The summed E-state index contributed by atoms with van der Waals surface area (Å²) in [4.78, 5) is 9.44. The maximum absolute atomic E-state index is 9.44. The zero-order valence-electron chi connectivity index (χ0n) is 3.91. The largest absolute Gasteiger partial charge is 0.369 e. The average molecular weight is 76.1 g/mol. The maximum Gasteiger partial charge on any atom is 0.126 e. The SMILES string of the molecule is CC(C)=O.[NH4+]. The summed E-state index contributed by atoms with van der Waals surface area (Å²) < 4.78 is 0. The average Bonchev–Trinajstić information content (AvgIpc) is 0.811. The van der Waals surface area contributed by atoms with Gasteiger partial charge >= 0.3 is 0 Å². The molecule has 0 fully saturated rings. The monoisotopic (exact) mass is 76.1 g/mol. The third-order valence-corrected chi connectivity index (χ3v) is 0. The third kappa shape index (κ3) is 70.4. The van der Waals surface area contributed by atoms with Crippen molar-refractivity contribution >= 4 is 5.78 Å². The highest BCUT2D eigenvalue weighted by Crippen LogP contribution is 1.50. The maximum atomic E-state index is 9.44. The fourth-order valence-electron chi connectivity index (χ4n) is 0. The number of Topliss-reactive ketones (excluding diaryl/α,β-unsaturated/α-hetero) is 1. The lowest BCUT2D eigenvalue weighted by molar-refractivity contribution is -0.114. The van der Waals surface area contributed by atoms with Crippen molar-refractivity contribution in [2.24, 2.45) is 0 Å². The second kappa shape index (κ2) is 3.63. The Bertz CT molecular complexity index is 29.9. The number of quaternary nitrogens is 1. The van der Waals surface area contributed by atoms with E-state index in [2.05, 4.69) is 0 Å². The number of hydrogen-bond acceptors (Lipinski definition) is 1. The molecule has 0 saturated carbocycles. The van der Waals surface area contributed by atoms with Crippen LogP contribution >= 0.6 is 0 Å². The Balaban J connectivity index is 0. The van der Waals surface area contributed by atoms with Crippen LogP contribution in [0.3, 0.4) is 0 Å². The zero-order valence-corrected chi connectivity index (χ0v) is 3.91. The Morgan fingerprint density at radius 2 is 1.40 bits per heavy atom. The third-order valence-electron chi connectivity index (χ3n) is 0. The Labute approximate surface area is 31.8 Å². The summed E-state index contributed by atoms with van der Waals surface area (Å²) in [6.07, 6.45) is 0. The smallest absolute Gasteiger partial charge is 0.126 e. The Kier molecular flexibility index (Phi) is 6.40. The lowest BCUT2D eigenvalue weighted by atomic mass is 10.6. The predicted octanol–water partition coefficient (Wildman–Crippen LogP) is 0.972. The van der Waals surface area contributed by atoms with Crippen molar-refractivity contribution in [2.45, 2.75) is 13.8 Å². The molecular formula is C3H10NO+. The van der Waals surface area contributed by atoms with E-state index in [1.165, 1.54) is 13.8 Å². The highest BCUT2D eigenvalue weighted by atomic mass is 16.1. The first-order valence-corrected chi connectivity index (χ1v) is 1.20. The minimum Gasteiger partial charge on any atom is -0.369 e. The highest BCUT2D eigenvalue weighted by Gasteiger charge is 1.62. The van der Waals surface area contributed by atoms with Crippen molar-refractivity contribution < 1.29 is 4.79 Å². The second-order valence-electron chi connectivity index (χ2n) is 0.908. The summed E-state index contributed by atoms with van der Waals surface area (Å²) >= 11 is 0. The normalized spacial score (nSPS) is 5.20. The number of ketones is 1. The molecule has 0 aromatic carbocycles. The van der Waals surface area contributed by atoms with Crippen molar-refractivity contribution in [3.05, 3.63) is 0 Å². The van der Waals surface area contributed by atoms with E-state index in [0.29, 0.717) is 0 Å². The molecule has 0 aliphatic carbocycles. The van der Waals surface area contributed by atoms with Gasteiger partial charge in [0.25, 0.3) is 0 Å². The molecule has 0 rings (SSSR count). The molecule has 0 aromatic rings. The summed E-state index contributed by atoms with van der Waals surface area (Å²) in [5.41, 5.74) is 0. The van der Waals surface area contributed by atoms with Gasteiger partial charge in [-0.2, -0.15) is 0 Å². The van der Waals surface area contributed by atoms with E-state index in [0.717, 1.165) is 0 Å². The molecule has 0 aliphatic rings. The predicted molar refractivity (Wildman–Crippen MR) is 22.3 cm³/mol. The number of carbonyl (C=O) groups excluding carboxylic acids is 1. The van der Waals surface area contributed by atoms with Gasteiger partial charge in [-0.15, -0.1) is 0 Å². The van der Waals surface area contributed by atoms with Crippen LogP contribution in [0.25, 0.3) is 0 Å². The van der Waals surface area contributed by atoms with Crippen LogP contribution in [-0.2, 0) is 4.79 Å². The standard InChI is InChI=1S/C3H6O.H3N/c1-3(2)4;/h1-2H3;1H3/p+1. The van der Waals surface area contributed by atoms with E-state index in [4.69, 9.17) is 0 Å². The molecular weight excluding hydrogens is 66.0 g/mol. The topological polar surface area (TPSA) is 53.6 Å². The fraction of sp³-hybridized carbons (Fsp3) is 0.667. The first-order chi connectivity index (χ1) is 1.73. The van der Waals surface area contributed by atoms with Crippen molar-refractivity contribution in [3.8, 4) is 0 Å². The number of hydrogen-bond donors (Lipinski definition) is 1. The first kappa shape index (κ1) is 8.82. The number of rotatable bonds is 0. The van der Waals surface area contributed by atoms with Crippen LogP contribution in [0.15, 0.2) is 0 Å². The van der Waals surface area contributed by atoms with E-state index in [1.807, 2.05) is 0 Å². The van der Waals surface area contributed by atoms with Gasteiger partial charge in [0.15, 0.2) is 0 Å². The van der Waals surface area contributed by atoms with Crippen LogP contribution in [-0.4, -0.2) is 5.78 Å². The Morgan fingerprint density at radius 1 is 1.40 bits per heavy atom. The first-order valence-electron chi connectivity index (χ1n) is 1.20. The lowest BCUT2D eigenvalue weighted by Crippen LogP contribution is -1.69. The van der Waals surface area contributed by atoms with Crippen molar-refractivity contribution in [2.75, 3.05) is 0 Å². The van der Waals surface area contributed by atoms with Gasteiger partial charge in [0.1, 0.15) is 5.78 Å². The van der Waals surface area contributed by atoms with Crippen LogP contribution in [0.1, 0.15) is 13.8 Å². The van der Waals surface area contributed by atoms with Crippen molar-refractivity contribution in [1.82, 2.24) is 6.15 Å². The molecule has 2 nitrogen and oxygen atoms in total. The van der Waals surface area contributed by atoms with Crippen LogP contribution < -0.4 is 6.15 Å². The van der Waals surface area contributed by atoms with Gasteiger partial charge in [0.2, 0.25) is 0 Å². The molecule has 0 radical (unpaired) electrons. The van der Waals surface area contributed by atoms with Gasteiger partial charge in [-0.05, 0) is 13.8 Å². The van der Waals surface area contributed by atoms with Gasteiger partial charge in [-0.1, -0.05) is 0 Å². The molecule has 0 aromatic heterocycles. The number of carbonyl (C=O) groups is 1. The minimum atomic E-state index is 0. The molecule has 0 bridgehead atoms. The molecule has 0 heterocycles. The second-order valence-corrected chi connectivity index (χ2v) is 0.908. The van der Waals surface area contributed by atoms with Crippen LogP contribution in [0.5, 0.6) is 0 Å². The highest BCUT2D eigenvalue weighted by molar-refractivity contribution is 5.72. The van der Waals surface area contributed by atoms with E-state index < -0.39 is 0 Å². The van der Waals surface area contributed by atoms with E-state index in [1.54, 1.807) is 0 Å². The summed E-state index contributed by atoms with van der Waals surface area (Å²) in [6, 6.07) is 0. The van der Waals surface area contributed by atoms with Gasteiger partial charge in [-0.3, -0.25) is 0 Å². The van der Waals surface area contributed by atoms with E-state index >= 15 is 0 Å². The van der Waals surface area contributed by atoms with Crippen molar-refractivity contribution in [3.63, 3.8) is 0 Å². The zero-order chi connectivity index (χ0) is 3.58. The summed E-state index contributed by atoms with van der Waals surface area (Å²) in [6.45, 7) is 3.06. The molecule has 0 amide bonds. The van der Waals surface area contributed by atoms with Crippen LogP contribution in [0.2, 0.25) is 0 Å². The van der Waals surface area contributed by atoms with Crippen LogP contribution in [0, 0.1) is 0 Å². The Morgan fingerprint density at radius 3 is 1.40 bits per heavy atom. The fourth-order valence-corrected chi connectivity index (χ4v) is 0. The molecule has 5 heavy (non-hydrogen) atoms. The van der Waals surface area contributed by atoms with Gasteiger partial charge < -0.3 is 10.9 Å². The molecule has 0 atom stereocenters. The Hall–Kier alpha value is -0.370. The molecule has 4 N–H and O–H groups in total. The summed E-state index contributed by atoms with van der Waals surface area (Å²) in [5.74, 6) is 0.167. The molecule has 0 aliphatic heterocycles. The molecule has 0 saturated heterocycles. The van der Waals surface area contributed by atoms with Gasteiger partial charge in [0.05, 0.1) is 0 Å². The lowest BCUT2D eigenvalue weighted by Gasteiger charge is -1.56. The quantitative estimate of drug-likeness (QED) is 0.459.